The molecular formula is C19H32ClN7O2. The Hall–Kier alpha value is -2.17. The van der Waals surface area contributed by atoms with Gasteiger partial charge in [0.2, 0.25) is 5.91 Å². The van der Waals surface area contributed by atoms with Crippen LogP contribution in [0, 0.1) is 0 Å². The number of carbonyl (C=O) groups excluding carboxylic acids is 2. The molecule has 2 atom stereocenters. The topological polar surface area (TPSA) is 146 Å². The average Bonchev–Trinajstić information content (AvgIpc) is 2.65. The van der Waals surface area contributed by atoms with E-state index in [0.29, 0.717) is 34.9 Å². The van der Waals surface area contributed by atoms with Gasteiger partial charge < -0.3 is 27.4 Å². The van der Waals surface area contributed by atoms with Crippen LogP contribution in [0.4, 0.5) is 11.4 Å². The Balaban J connectivity index is 2.97. The van der Waals surface area contributed by atoms with Crippen molar-refractivity contribution in [3.63, 3.8) is 0 Å². The Bertz CT molecular complexity index is 712. The maximum atomic E-state index is 12.8. The predicted octanol–water partition coefficient (Wildman–Crippen LogP) is 0.889. The summed E-state index contributed by atoms with van der Waals surface area (Å²) in [5.41, 5.74) is 12.9. The molecule has 2 unspecified atom stereocenters. The van der Waals surface area contributed by atoms with E-state index in [9.17, 15) is 9.59 Å². The fourth-order valence-corrected chi connectivity index (χ4v) is 2.72. The van der Waals surface area contributed by atoms with E-state index in [1.807, 2.05) is 13.8 Å². The molecule has 0 radical (unpaired) electrons. The number of hydrogen-bond donors (Lipinski definition) is 7. The number of benzene rings is 1. The molecule has 162 valence electrons. The predicted molar refractivity (Wildman–Crippen MR) is 118 cm³/mol. The molecular weight excluding hydrogens is 394 g/mol. The molecule has 9 N–H and O–H groups in total. The summed E-state index contributed by atoms with van der Waals surface area (Å²) in [6.45, 7) is 4.79. The van der Waals surface area contributed by atoms with Crippen LogP contribution in [0.5, 0.6) is 0 Å². The van der Waals surface area contributed by atoms with Crippen molar-refractivity contribution in [2.45, 2.75) is 39.0 Å². The van der Waals surface area contributed by atoms with E-state index in [2.05, 4.69) is 26.6 Å². The van der Waals surface area contributed by atoms with Gasteiger partial charge in [-0.05, 0) is 44.6 Å². The zero-order valence-electron chi connectivity index (χ0n) is 17.1. The third kappa shape index (κ3) is 8.80. The number of amides is 2. The van der Waals surface area contributed by atoms with Crippen LogP contribution in [0.2, 0.25) is 5.02 Å². The molecule has 0 aliphatic carbocycles. The van der Waals surface area contributed by atoms with Crippen LogP contribution < -0.4 is 38.1 Å². The summed E-state index contributed by atoms with van der Waals surface area (Å²) in [4.78, 5) is 24.6. The Morgan fingerprint density at radius 3 is 2.38 bits per heavy atom. The van der Waals surface area contributed by atoms with E-state index in [1.54, 1.807) is 25.2 Å². The van der Waals surface area contributed by atoms with Crippen LogP contribution in [0.15, 0.2) is 30.0 Å². The second-order valence-corrected chi connectivity index (χ2v) is 6.89. The molecule has 0 bridgehead atoms. The second-order valence-electron chi connectivity index (χ2n) is 6.45. The first-order valence-corrected chi connectivity index (χ1v) is 9.95. The van der Waals surface area contributed by atoms with Gasteiger partial charge in [-0.1, -0.05) is 25.4 Å². The average molecular weight is 426 g/mol. The number of halogens is 1. The molecule has 0 heterocycles. The molecule has 29 heavy (non-hydrogen) atoms. The number of anilines is 2. The zero-order valence-corrected chi connectivity index (χ0v) is 17.9. The first-order chi connectivity index (χ1) is 13.8. The Morgan fingerprint density at radius 2 is 1.83 bits per heavy atom. The molecule has 1 aromatic rings. The minimum atomic E-state index is -0.510. The summed E-state index contributed by atoms with van der Waals surface area (Å²) < 4.78 is 0. The van der Waals surface area contributed by atoms with Crippen molar-refractivity contribution in [1.82, 2.24) is 16.0 Å². The molecule has 2 amide bonds. The highest BCUT2D eigenvalue weighted by Crippen LogP contribution is 2.23. The molecule has 0 saturated carbocycles. The summed E-state index contributed by atoms with van der Waals surface area (Å²) in [6.07, 6.45) is 2.01. The van der Waals surface area contributed by atoms with Gasteiger partial charge in [-0.2, -0.15) is 0 Å². The number of rotatable bonds is 12. The van der Waals surface area contributed by atoms with E-state index in [1.165, 1.54) is 6.20 Å². The van der Waals surface area contributed by atoms with Gasteiger partial charge in [-0.25, -0.2) is 0 Å². The molecule has 0 aliphatic heterocycles. The van der Waals surface area contributed by atoms with Crippen molar-refractivity contribution in [3.8, 4) is 0 Å². The Labute approximate surface area is 177 Å². The van der Waals surface area contributed by atoms with Gasteiger partial charge in [0.1, 0.15) is 0 Å². The van der Waals surface area contributed by atoms with Crippen LogP contribution in [-0.4, -0.2) is 44.3 Å². The van der Waals surface area contributed by atoms with Gasteiger partial charge >= 0.3 is 0 Å². The van der Waals surface area contributed by atoms with E-state index < -0.39 is 12.1 Å². The summed E-state index contributed by atoms with van der Waals surface area (Å²) >= 11 is 6.13. The van der Waals surface area contributed by atoms with Crippen LogP contribution in [0.25, 0.3) is 0 Å². The molecule has 9 nitrogen and oxygen atoms in total. The molecule has 0 spiro atoms. The number of carbonyl (C=O) groups is 2. The van der Waals surface area contributed by atoms with Gasteiger partial charge in [0, 0.05) is 22.6 Å². The molecule has 0 fully saturated rings. The van der Waals surface area contributed by atoms with Crippen molar-refractivity contribution in [1.29, 1.82) is 0 Å². The summed E-state index contributed by atoms with van der Waals surface area (Å²) in [6, 6.07) is 4.80. The van der Waals surface area contributed by atoms with Gasteiger partial charge in [-0.15, -0.1) is 0 Å². The lowest BCUT2D eigenvalue weighted by Gasteiger charge is -2.25. The maximum absolute atomic E-state index is 12.8. The van der Waals surface area contributed by atoms with Crippen LogP contribution in [0.1, 0.15) is 26.7 Å². The van der Waals surface area contributed by atoms with E-state index in [0.717, 1.165) is 6.42 Å². The third-order valence-corrected chi connectivity index (χ3v) is 4.17. The van der Waals surface area contributed by atoms with Gasteiger partial charge in [0.15, 0.2) is 0 Å². The van der Waals surface area contributed by atoms with E-state index in [-0.39, 0.29) is 18.6 Å². The quantitative estimate of drug-likeness (QED) is 0.194. The molecule has 1 rings (SSSR count). The molecule has 0 saturated heterocycles. The molecule has 0 aliphatic rings. The van der Waals surface area contributed by atoms with Crippen molar-refractivity contribution in [2.75, 3.05) is 30.8 Å². The molecule has 10 heteroatoms. The van der Waals surface area contributed by atoms with Crippen LogP contribution in [0.3, 0.4) is 0 Å². The van der Waals surface area contributed by atoms with Crippen molar-refractivity contribution in [3.05, 3.63) is 35.0 Å². The summed E-state index contributed by atoms with van der Waals surface area (Å²) in [5.74, 6) is -0.636. The normalized spacial score (nSPS) is 13.6. The maximum Gasteiger partial charge on any atom is 0.256 e. The summed E-state index contributed by atoms with van der Waals surface area (Å²) in [5, 5.41) is 15.0. The van der Waals surface area contributed by atoms with Gasteiger partial charge in [0.05, 0.1) is 24.4 Å². The van der Waals surface area contributed by atoms with Gasteiger partial charge in [-0.3, -0.25) is 20.2 Å². The smallest absolute Gasteiger partial charge is 0.256 e. The van der Waals surface area contributed by atoms with Crippen molar-refractivity contribution >= 4 is 34.8 Å². The monoisotopic (exact) mass is 425 g/mol. The molecule has 0 aromatic heterocycles. The lowest BCUT2D eigenvalue weighted by Crippen LogP contribution is -2.53. The molecule has 1 aromatic carbocycles. The zero-order chi connectivity index (χ0) is 21.8. The fraction of sp³-hybridized carbons (Fsp3) is 0.474. The third-order valence-electron chi connectivity index (χ3n) is 3.95. The lowest BCUT2D eigenvalue weighted by molar-refractivity contribution is -0.115. The highest BCUT2D eigenvalue weighted by atomic mass is 35.5. The summed E-state index contributed by atoms with van der Waals surface area (Å²) in [7, 11) is 1.67. The number of nitrogens with two attached hydrogens (primary N) is 2. The van der Waals surface area contributed by atoms with Gasteiger partial charge in [0.25, 0.3) is 5.91 Å². The minimum Gasteiger partial charge on any atom is -0.404 e. The van der Waals surface area contributed by atoms with Crippen LogP contribution in [-0.2, 0) is 9.59 Å². The number of hydrogen-bond acceptors (Lipinski definition) is 7. The van der Waals surface area contributed by atoms with Crippen molar-refractivity contribution < 1.29 is 9.59 Å². The first kappa shape index (κ1) is 24.9. The SMILES string of the molecule is CCCNC(NC(N)CC)/C(=C\N)C(=O)Nc1cc(Cl)cc(NC(=O)CNC)c1. The lowest BCUT2D eigenvalue weighted by atomic mass is 10.1. The second kappa shape index (κ2) is 13.1. The standard InChI is InChI=1S/C19H32ClN7O2/c1-4-6-24-18(27-16(22)5-2)15(10-21)19(29)26-14-8-12(20)7-13(9-14)25-17(28)11-23-3/h7-10,16,18,23-24,27H,4-6,11,21-22H2,1-3H3,(H,25,28)(H,26,29)/b15-10+. The first-order valence-electron chi connectivity index (χ1n) is 9.57. The minimum absolute atomic E-state index is 0.155. The number of nitrogens with one attached hydrogen (secondary N) is 5. The largest absolute Gasteiger partial charge is 0.404 e. The fourth-order valence-electron chi connectivity index (χ4n) is 2.49. The Kier molecular flexibility index (Phi) is 11.3. The highest BCUT2D eigenvalue weighted by Gasteiger charge is 2.22. The van der Waals surface area contributed by atoms with E-state index >= 15 is 0 Å². The van der Waals surface area contributed by atoms with E-state index in [4.69, 9.17) is 23.1 Å². The highest BCUT2D eigenvalue weighted by molar-refractivity contribution is 6.31. The van der Waals surface area contributed by atoms with Crippen molar-refractivity contribution in [2.24, 2.45) is 11.5 Å². The van der Waals surface area contributed by atoms with Crippen LogP contribution >= 0.6 is 11.6 Å². The number of likely N-dealkylation sites (N-methyl/N-ethyl adjacent to an activating group) is 1. The Morgan fingerprint density at radius 1 is 1.17 bits per heavy atom.